The second-order valence-electron chi connectivity index (χ2n) is 5.53. The van der Waals surface area contributed by atoms with Crippen molar-refractivity contribution in [1.82, 2.24) is 10.2 Å². The summed E-state index contributed by atoms with van der Waals surface area (Å²) in [6, 6.07) is 0.588. The molecule has 16 heavy (non-hydrogen) atoms. The largest absolute Gasteiger partial charge is 0.370 e. The second kappa shape index (κ2) is 5.53. The molecule has 0 saturated carbocycles. The average molecular weight is 226 g/mol. The molecule has 0 aromatic heterocycles. The molecule has 0 bridgehead atoms. The lowest BCUT2D eigenvalue weighted by Gasteiger charge is -2.23. The molecular weight excluding hydrogens is 200 g/mol. The summed E-state index contributed by atoms with van der Waals surface area (Å²) in [4.78, 5) is 6.91. The molecule has 0 aliphatic carbocycles. The van der Waals surface area contributed by atoms with Crippen LogP contribution in [0.5, 0.6) is 0 Å². The number of nitrogens with two attached hydrogens (primary N) is 1. The molecule has 0 aromatic carbocycles. The number of rotatable bonds is 3. The summed E-state index contributed by atoms with van der Waals surface area (Å²) >= 11 is 0. The molecule has 1 rings (SSSR count). The van der Waals surface area contributed by atoms with Crippen molar-refractivity contribution in [2.75, 3.05) is 19.6 Å². The Labute approximate surface area is 99.3 Å². The number of hydrogen-bond donors (Lipinski definition) is 2. The molecule has 4 heteroatoms. The van der Waals surface area contributed by atoms with Gasteiger partial charge in [-0.15, -0.1) is 0 Å². The molecule has 0 radical (unpaired) electrons. The van der Waals surface area contributed by atoms with Crippen molar-refractivity contribution in [3.63, 3.8) is 0 Å². The molecule has 1 unspecified atom stereocenters. The molecule has 1 heterocycles. The fourth-order valence-corrected chi connectivity index (χ4v) is 2.15. The maximum Gasteiger partial charge on any atom is 0.189 e. The van der Waals surface area contributed by atoms with E-state index in [9.17, 15) is 0 Å². The molecule has 0 amide bonds. The van der Waals surface area contributed by atoms with Gasteiger partial charge < -0.3 is 11.1 Å². The monoisotopic (exact) mass is 226 g/mol. The molecule has 1 aliphatic heterocycles. The topological polar surface area (TPSA) is 53.6 Å². The summed E-state index contributed by atoms with van der Waals surface area (Å²) in [6.07, 6.45) is 2.54. The van der Waals surface area contributed by atoms with Gasteiger partial charge in [-0.25, -0.2) is 0 Å². The Kier molecular flexibility index (Phi) is 4.59. The zero-order valence-electron chi connectivity index (χ0n) is 11.1. The first kappa shape index (κ1) is 13.3. The Morgan fingerprint density at radius 2 is 2.19 bits per heavy atom. The summed E-state index contributed by atoms with van der Waals surface area (Å²) in [5.41, 5.74) is 5.84. The Morgan fingerprint density at radius 1 is 1.50 bits per heavy atom. The third-order valence-corrected chi connectivity index (χ3v) is 2.88. The quantitative estimate of drug-likeness (QED) is 0.561. The van der Waals surface area contributed by atoms with Crippen molar-refractivity contribution in [2.24, 2.45) is 10.7 Å². The third kappa shape index (κ3) is 4.39. The molecule has 3 N–H and O–H groups in total. The van der Waals surface area contributed by atoms with Gasteiger partial charge in [-0.2, -0.15) is 0 Å². The zero-order chi connectivity index (χ0) is 12.2. The lowest BCUT2D eigenvalue weighted by molar-refractivity contribution is 0.273. The van der Waals surface area contributed by atoms with Crippen LogP contribution in [0, 0.1) is 0 Å². The van der Waals surface area contributed by atoms with Crippen LogP contribution in [0.1, 0.15) is 40.5 Å². The minimum atomic E-state index is -0.00625. The maximum atomic E-state index is 5.85. The second-order valence-corrected chi connectivity index (χ2v) is 5.53. The summed E-state index contributed by atoms with van der Waals surface area (Å²) in [5.74, 6) is 0.565. The molecule has 1 atom stereocenters. The fourth-order valence-electron chi connectivity index (χ4n) is 2.15. The van der Waals surface area contributed by atoms with Crippen LogP contribution in [0.15, 0.2) is 4.99 Å². The van der Waals surface area contributed by atoms with Crippen LogP contribution in [0.4, 0.5) is 0 Å². The summed E-state index contributed by atoms with van der Waals surface area (Å²) in [7, 11) is 0. The number of guanidine groups is 1. The lowest BCUT2D eigenvalue weighted by atomic mass is 10.1. The maximum absolute atomic E-state index is 5.85. The molecule has 0 spiro atoms. The van der Waals surface area contributed by atoms with Crippen LogP contribution < -0.4 is 11.1 Å². The van der Waals surface area contributed by atoms with E-state index in [1.807, 2.05) is 0 Å². The standard InChI is InChI=1S/C12H26N4/c1-5-16-8-6-7-10(16)9-14-11(13)15-12(2,3)4/h10H,5-9H2,1-4H3,(H3,13,14,15). The molecular formula is C12H26N4. The van der Waals surface area contributed by atoms with Crippen LogP contribution in [0.25, 0.3) is 0 Å². The van der Waals surface area contributed by atoms with E-state index in [0.717, 1.165) is 13.1 Å². The van der Waals surface area contributed by atoms with Gasteiger partial charge in [-0.1, -0.05) is 6.92 Å². The van der Waals surface area contributed by atoms with Crippen molar-refractivity contribution in [1.29, 1.82) is 0 Å². The van der Waals surface area contributed by atoms with E-state index in [4.69, 9.17) is 5.73 Å². The van der Waals surface area contributed by atoms with Gasteiger partial charge in [-0.3, -0.25) is 9.89 Å². The summed E-state index contributed by atoms with van der Waals surface area (Å²) in [6.45, 7) is 11.6. The van der Waals surface area contributed by atoms with Gasteiger partial charge in [0.15, 0.2) is 5.96 Å². The smallest absolute Gasteiger partial charge is 0.189 e. The first-order valence-corrected chi connectivity index (χ1v) is 6.24. The highest BCUT2D eigenvalue weighted by molar-refractivity contribution is 5.78. The molecule has 0 aromatic rings. The van der Waals surface area contributed by atoms with E-state index in [2.05, 4.69) is 42.9 Å². The van der Waals surface area contributed by atoms with Crippen LogP contribution >= 0.6 is 0 Å². The molecule has 1 fully saturated rings. The van der Waals surface area contributed by atoms with E-state index in [1.54, 1.807) is 0 Å². The average Bonchev–Trinajstić information content (AvgIpc) is 2.59. The van der Waals surface area contributed by atoms with E-state index < -0.39 is 0 Å². The normalized spacial score (nSPS) is 23.8. The Morgan fingerprint density at radius 3 is 2.75 bits per heavy atom. The molecule has 94 valence electrons. The highest BCUT2D eigenvalue weighted by Gasteiger charge is 2.22. The van der Waals surface area contributed by atoms with Gasteiger partial charge in [0, 0.05) is 11.6 Å². The SMILES string of the molecule is CCN1CCCC1CN=C(N)NC(C)(C)C. The van der Waals surface area contributed by atoms with Gasteiger partial charge >= 0.3 is 0 Å². The zero-order valence-corrected chi connectivity index (χ0v) is 11.1. The van der Waals surface area contributed by atoms with Crippen LogP contribution in [-0.2, 0) is 0 Å². The van der Waals surface area contributed by atoms with Crippen LogP contribution in [0.3, 0.4) is 0 Å². The number of likely N-dealkylation sites (N-methyl/N-ethyl adjacent to an activating group) is 1. The number of nitrogens with zero attached hydrogens (tertiary/aromatic N) is 2. The number of aliphatic imine (C=N–C) groups is 1. The van der Waals surface area contributed by atoms with Gasteiger partial charge in [0.1, 0.15) is 0 Å². The van der Waals surface area contributed by atoms with E-state index in [1.165, 1.54) is 19.4 Å². The lowest BCUT2D eigenvalue weighted by Crippen LogP contribution is -2.45. The Bertz CT molecular complexity index is 242. The van der Waals surface area contributed by atoms with Gasteiger partial charge in [-0.05, 0) is 46.7 Å². The predicted molar refractivity (Wildman–Crippen MR) is 69.6 cm³/mol. The van der Waals surface area contributed by atoms with Crippen molar-refractivity contribution in [2.45, 2.75) is 52.1 Å². The van der Waals surface area contributed by atoms with Crippen molar-refractivity contribution >= 4 is 5.96 Å². The van der Waals surface area contributed by atoms with E-state index >= 15 is 0 Å². The number of hydrogen-bond acceptors (Lipinski definition) is 2. The number of nitrogens with one attached hydrogen (secondary N) is 1. The van der Waals surface area contributed by atoms with E-state index in [-0.39, 0.29) is 5.54 Å². The predicted octanol–water partition coefficient (Wildman–Crippen LogP) is 1.17. The molecule has 4 nitrogen and oxygen atoms in total. The minimum absolute atomic E-state index is 0.00625. The third-order valence-electron chi connectivity index (χ3n) is 2.88. The highest BCUT2D eigenvalue weighted by atomic mass is 15.2. The van der Waals surface area contributed by atoms with Gasteiger partial charge in [0.2, 0.25) is 0 Å². The Hall–Kier alpha value is -0.770. The minimum Gasteiger partial charge on any atom is -0.370 e. The van der Waals surface area contributed by atoms with Gasteiger partial charge in [0.05, 0.1) is 6.54 Å². The summed E-state index contributed by atoms with van der Waals surface area (Å²) in [5, 5.41) is 3.19. The van der Waals surface area contributed by atoms with Crippen molar-refractivity contribution in [3.05, 3.63) is 0 Å². The molecule has 1 aliphatic rings. The summed E-state index contributed by atoms with van der Waals surface area (Å²) < 4.78 is 0. The highest BCUT2D eigenvalue weighted by Crippen LogP contribution is 2.16. The fraction of sp³-hybridized carbons (Fsp3) is 0.917. The van der Waals surface area contributed by atoms with Crippen molar-refractivity contribution in [3.8, 4) is 0 Å². The Balaban J connectivity index is 2.40. The van der Waals surface area contributed by atoms with Crippen molar-refractivity contribution < 1.29 is 0 Å². The molecule has 1 saturated heterocycles. The van der Waals surface area contributed by atoms with E-state index in [0.29, 0.717) is 12.0 Å². The first-order valence-electron chi connectivity index (χ1n) is 6.24. The van der Waals surface area contributed by atoms with Gasteiger partial charge in [0.25, 0.3) is 0 Å². The number of likely N-dealkylation sites (tertiary alicyclic amines) is 1. The van der Waals surface area contributed by atoms with Crippen LogP contribution in [0.2, 0.25) is 0 Å². The van der Waals surface area contributed by atoms with Crippen LogP contribution in [-0.4, -0.2) is 42.1 Å². The first-order chi connectivity index (χ1) is 7.42.